The van der Waals surface area contributed by atoms with Crippen LogP contribution in [-0.4, -0.2) is 20.4 Å². The van der Waals surface area contributed by atoms with Gasteiger partial charge in [0.1, 0.15) is 5.82 Å². The summed E-state index contributed by atoms with van der Waals surface area (Å²) in [6, 6.07) is 11.4. The highest BCUT2D eigenvalue weighted by atomic mass is 32.2. The van der Waals surface area contributed by atoms with Crippen LogP contribution in [-0.2, 0) is 10.0 Å². The van der Waals surface area contributed by atoms with Crippen LogP contribution < -0.4 is 10.0 Å². The van der Waals surface area contributed by atoms with Crippen LogP contribution in [0.2, 0.25) is 0 Å². The van der Waals surface area contributed by atoms with Crippen LogP contribution in [0.3, 0.4) is 0 Å². The first-order valence-corrected chi connectivity index (χ1v) is 11.1. The molecule has 2 aromatic rings. The summed E-state index contributed by atoms with van der Waals surface area (Å²) < 4.78 is 40.8. The quantitative estimate of drug-likeness (QED) is 0.772. The van der Waals surface area contributed by atoms with Crippen LogP contribution in [0.5, 0.6) is 0 Å². The van der Waals surface area contributed by atoms with Crippen LogP contribution in [0.4, 0.5) is 10.1 Å². The van der Waals surface area contributed by atoms with Crippen molar-refractivity contribution in [2.75, 3.05) is 4.72 Å². The minimum atomic E-state index is -3.94. The fourth-order valence-electron chi connectivity index (χ4n) is 3.40. The predicted octanol–water partition coefficient (Wildman–Crippen LogP) is 4.47. The highest BCUT2D eigenvalue weighted by Crippen LogP contribution is 2.20. The molecule has 1 fully saturated rings. The molecule has 0 unspecified atom stereocenters. The molecule has 7 heteroatoms. The van der Waals surface area contributed by atoms with E-state index >= 15 is 0 Å². The first-order chi connectivity index (χ1) is 13.5. The first-order valence-electron chi connectivity index (χ1n) is 9.64. The summed E-state index contributed by atoms with van der Waals surface area (Å²) in [6.45, 7) is 0. The van der Waals surface area contributed by atoms with Crippen molar-refractivity contribution in [3.8, 4) is 0 Å². The van der Waals surface area contributed by atoms with Gasteiger partial charge in [-0.1, -0.05) is 44.2 Å². The van der Waals surface area contributed by atoms with Gasteiger partial charge in [0, 0.05) is 11.6 Å². The molecule has 0 bridgehead atoms. The molecule has 150 valence electrons. The average Bonchev–Trinajstić information content (AvgIpc) is 2.65. The molecule has 2 aromatic carbocycles. The van der Waals surface area contributed by atoms with E-state index in [1.54, 1.807) is 6.07 Å². The molecule has 0 aromatic heterocycles. The van der Waals surface area contributed by atoms with E-state index in [0.29, 0.717) is 5.56 Å². The van der Waals surface area contributed by atoms with Crippen molar-refractivity contribution in [2.24, 2.45) is 0 Å². The topological polar surface area (TPSA) is 75.3 Å². The number of nitrogens with one attached hydrogen (secondary N) is 2. The maximum absolute atomic E-state index is 13.7. The van der Waals surface area contributed by atoms with Crippen molar-refractivity contribution >= 4 is 21.6 Å². The maximum atomic E-state index is 13.7. The number of para-hydroxylation sites is 1. The Labute approximate surface area is 165 Å². The molecule has 1 saturated carbocycles. The predicted molar refractivity (Wildman–Crippen MR) is 107 cm³/mol. The molecule has 1 aliphatic carbocycles. The van der Waals surface area contributed by atoms with Crippen LogP contribution in [0.1, 0.15) is 55.3 Å². The standard InChI is InChI=1S/C21H25FN2O3S/c22-19-10-6-7-11-20(19)24-28(26,27)18-14-12-16(13-15-18)21(25)23-17-8-4-2-1-3-5-9-17/h6-7,10-15,17,24H,1-5,8-9H2,(H,23,25). The number of anilines is 1. The maximum Gasteiger partial charge on any atom is 0.261 e. The molecular formula is C21H25FN2O3S. The summed E-state index contributed by atoms with van der Waals surface area (Å²) in [5.74, 6) is -0.849. The molecule has 0 saturated heterocycles. The second kappa shape index (κ2) is 9.19. The Balaban J connectivity index is 1.66. The van der Waals surface area contributed by atoms with Gasteiger partial charge in [0.05, 0.1) is 10.6 Å². The zero-order valence-corrected chi connectivity index (χ0v) is 16.5. The molecule has 0 aliphatic heterocycles. The van der Waals surface area contributed by atoms with Gasteiger partial charge in [0.2, 0.25) is 0 Å². The van der Waals surface area contributed by atoms with Gasteiger partial charge in [-0.15, -0.1) is 0 Å². The van der Waals surface area contributed by atoms with Crippen molar-refractivity contribution in [1.29, 1.82) is 0 Å². The molecule has 0 atom stereocenters. The van der Waals surface area contributed by atoms with Crippen LogP contribution >= 0.6 is 0 Å². The number of carbonyl (C=O) groups is 1. The highest BCUT2D eigenvalue weighted by molar-refractivity contribution is 7.92. The lowest BCUT2D eigenvalue weighted by atomic mass is 9.96. The van der Waals surface area contributed by atoms with E-state index in [9.17, 15) is 17.6 Å². The molecule has 0 spiro atoms. The molecule has 2 N–H and O–H groups in total. The van der Waals surface area contributed by atoms with Crippen molar-refractivity contribution in [3.63, 3.8) is 0 Å². The zero-order chi connectivity index (χ0) is 20.0. The fourth-order valence-corrected chi connectivity index (χ4v) is 4.47. The summed E-state index contributed by atoms with van der Waals surface area (Å²) >= 11 is 0. The summed E-state index contributed by atoms with van der Waals surface area (Å²) in [5, 5.41) is 3.05. The minimum Gasteiger partial charge on any atom is -0.349 e. The molecule has 0 heterocycles. The number of hydrogen-bond acceptors (Lipinski definition) is 3. The largest absolute Gasteiger partial charge is 0.349 e. The lowest BCUT2D eigenvalue weighted by molar-refractivity contribution is 0.0930. The molecule has 1 amide bonds. The normalized spacial score (nSPS) is 16.0. The van der Waals surface area contributed by atoms with Gasteiger partial charge < -0.3 is 5.32 Å². The average molecular weight is 405 g/mol. The zero-order valence-electron chi connectivity index (χ0n) is 15.7. The number of hydrogen-bond donors (Lipinski definition) is 2. The van der Waals surface area contributed by atoms with Crippen LogP contribution in [0.15, 0.2) is 53.4 Å². The fraction of sp³-hybridized carbons (Fsp3) is 0.381. The molecule has 5 nitrogen and oxygen atoms in total. The molecule has 1 aliphatic rings. The SMILES string of the molecule is O=C(NC1CCCCCCC1)c1ccc(S(=O)(=O)Nc2ccccc2F)cc1. The Hall–Kier alpha value is -2.41. The van der Waals surface area contributed by atoms with E-state index < -0.39 is 15.8 Å². The summed E-state index contributed by atoms with van der Waals surface area (Å²) in [4.78, 5) is 12.5. The third-order valence-corrected chi connectivity index (χ3v) is 6.37. The van der Waals surface area contributed by atoms with E-state index in [0.717, 1.165) is 25.7 Å². The van der Waals surface area contributed by atoms with Crippen molar-refractivity contribution < 1.29 is 17.6 Å². The number of amides is 1. The minimum absolute atomic E-state index is 0.0294. The smallest absolute Gasteiger partial charge is 0.261 e. The van der Waals surface area contributed by atoms with E-state index in [1.165, 1.54) is 61.7 Å². The Morgan fingerprint density at radius 1 is 0.893 bits per heavy atom. The van der Waals surface area contributed by atoms with Gasteiger partial charge in [-0.2, -0.15) is 0 Å². The number of benzene rings is 2. The molecule has 28 heavy (non-hydrogen) atoms. The second-order valence-corrected chi connectivity index (χ2v) is 8.81. The first kappa shape index (κ1) is 20.3. The Morgan fingerprint density at radius 2 is 1.50 bits per heavy atom. The van der Waals surface area contributed by atoms with Gasteiger partial charge in [0.15, 0.2) is 0 Å². The van der Waals surface area contributed by atoms with Crippen molar-refractivity contribution in [1.82, 2.24) is 5.32 Å². The Morgan fingerprint density at radius 3 is 2.14 bits per heavy atom. The number of rotatable bonds is 5. The second-order valence-electron chi connectivity index (χ2n) is 7.13. The van der Waals surface area contributed by atoms with Gasteiger partial charge in [-0.05, 0) is 49.2 Å². The molecule has 0 radical (unpaired) electrons. The number of halogens is 1. The van der Waals surface area contributed by atoms with Gasteiger partial charge >= 0.3 is 0 Å². The lowest BCUT2D eigenvalue weighted by Crippen LogP contribution is -2.35. The van der Waals surface area contributed by atoms with E-state index in [2.05, 4.69) is 10.0 Å². The third kappa shape index (κ3) is 5.32. The van der Waals surface area contributed by atoms with Gasteiger partial charge in [-0.3, -0.25) is 9.52 Å². The van der Waals surface area contributed by atoms with Crippen LogP contribution in [0.25, 0.3) is 0 Å². The van der Waals surface area contributed by atoms with Crippen LogP contribution in [0, 0.1) is 5.82 Å². The Bertz CT molecular complexity index is 906. The third-order valence-electron chi connectivity index (χ3n) is 4.99. The molecular weight excluding hydrogens is 379 g/mol. The summed E-state index contributed by atoms with van der Waals surface area (Å²) in [7, 11) is -3.94. The van der Waals surface area contributed by atoms with Crippen molar-refractivity contribution in [3.05, 3.63) is 59.9 Å². The van der Waals surface area contributed by atoms with E-state index in [4.69, 9.17) is 0 Å². The van der Waals surface area contributed by atoms with E-state index in [1.807, 2.05) is 0 Å². The summed E-state index contributed by atoms with van der Waals surface area (Å²) in [6.07, 6.45) is 7.85. The summed E-state index contributed by atoms with van der Waals surface area (Å²) in [5.41, 5.74) is 0.292. The van der Waals surface area contributed by atoms with E-state index in [-0.39, 0.29) is 22.5 Å². The monoisotopic (exact) mass is 404 g/mol. The Kier molecular flexibility index (Phi) is 6.67. The molecule has 3 rings (SSSR count). The lowest BCUT2D eigenvalue weighted by Gasteiger charge is -2.21. The van der Waals surface area contributed by atoms with Gasteiger partial charge in [-0.25, -0.2) is 12.8 Å². The van der Waals surface area contributed by atoms with Gasteiger partial charge in [0.25, 0.3) is 15.9 Å². The number of sulfonamides is 1. The highest BCUT2D eigenvalue weighted by Gasteiger charge is 2.18. The van der Waals surface area contributed by atoms with Crippen molar-refractivity contribution in [2.45, 2.75) is 55.9 Å². The number of carbonyl (C=O) groups excluding carboxylic acids is 1.